The number of aromatic nitrogens is 1. The van der Waals surface area contributed by atoms with Crippen LogP contribution in [0.25, 0.3) is 10.9 Å². The van der Waals surface area contributed by atoms with Gasteiger partial charge < -0.3 is 14.5 Å². The van der Waals surface area contributed by atoms with Crippen LogP contribution in [0.3, 0.4) is 0 Å². The van der Waals surface area contributed by atoms with Crippen LogP contribution in [0.2, 0.25) is 0 Å². The van der Waals surface area contributed by atoms with E-state index in [0.717, 1.165) is 22.0 Å². The number of hydrogen-bond donors (Lipinski definition) is 1. The number of fused-ring (bicyclic) bond motifs is 2. The maximum atomic E-state index is 13.8. The average Bonchev–Trinajstić information content (AvgIpc) is 2.87. The van der Waals surface area contributed by atoms with Crippen molar-refractivity contribution in [2.24, 2.45) is 0 Å². The Labute approximate surface area is 204 Å². The Kier molecular flexibility index (Phi) is 6.32. The minimum absolute atomic E-state index is 0.0528. The first-order chi connectivity index (χ1) is 16.9. The molecule has 1 aliphatic heterocycles. The summed E-state index contributed by atoms with van der Waals surface area (Å²) in [5.41, 5.74) is 2.86. The fourth-order valence-corrected chi connectivity index (χ4v) is 5.62. The van der Waals surface area contributed by atoms with Crippen LogP contribution in [-0.2, 0) is 23.0 Å². The second kappa shape index (κ2) is 9.56. The first kappa shape index (κ1) is 23.1. The minimum Gasteiger partial charge on any atom is -0.486 e. The van der Waals surface area contributed by atoms with Crippen LogP contribution >= 0.6 is 0 Å². The van der Waals surface area contributed by atoms with Crippen LogP contribution in [0.15, 0.2) is 82.5 Å². The highest BCUT2D eigenvalue weighted by molar-refractivity contribution is 7.89. The first-order valence-corrected chi connectivity index (χ1v) is 12.9. The van der Waals surface area contributed by atoms with Gasteiger partial charge in [-0.3, -0.25) is 4.79 Å². The third-order valence-electron chi connectivity index (χ3n) is 6.07. The van der Waals surface area contributed by atoms with E-state index in [9.17, 15) is 13.2 Å². The number of sulfonamides is 1. The van der Waals surface area contributed by atoms with E-state index in [0.29, 0.717) is 36.7 Å². The molecule has 0 amide bonds. The summed E-state index contributed by atoms with van der Waals surface area (Å²) in [4.78, 5) is 15.9. The molecule has 0 atom stereocenters. The van der Waals surface area contributed by atoms with Crippen LogP contribution in [0, 0.1) is 6.92 Å². The van der Waals surface area contributed by atoms with E-state index in [1.807, 2.05) is 55.5 Å². The lowest BCUT2D eigenvalue weighted by atomic mass is 10.1. The minimum atomic E-state index is -3.93. The van der Waals surface area contributed by atoms with E-state index in [2.05, 4.69) is 4.98 Å². The average molecular weight is 491 g/mol. The van der Waals surface area contributed by atoms with E-state index in [4.69, 9.17) is 9.47 Å². The van der Waals surface area contributed by atoms with Gasteiger partial charge in [0, 0.05) is 30.2 Å². The number of nitrogens with zero attached hydrogens (tertiary/aromatic N) is 1. The van der Waals surface area contributed by atoms with Gasteiger partial charge in [0.2, 0.25) is 10.0 Å². The van der Waals surface area contributed by atoms with Crippen molar-refractivity contribution < 1.29 is 17.9 Å². The summed E-state index contributed by atoms with van der Waals surface area (Å²) < 4.78 is 40.1. The second-order valence-electron chi connectivity index (χ2n) is 8.59. The molecule has 0 fully saturated rings. The molecule has 7 nitrogen and oxygen atoms in total. The molecule has 1 aliphatic rings. The Morgan fingerprint density at radius 3 is 2.49 bits per heavy atom. The SMILES string of the molecule is Cc1ccc2cc(CN(CCc3ccccc3)S(=O)(=O)c3ccc4c(c3)OCCO4)c(=O)[nH]c2c1. The van der Waals surface area contributed by atoms with Gasteiger partial charge in [-0.1, -0.05) is 42.5 Å². The van der Waals surface area contributed by atoms with Crippen molar-refractivity contribution in [3.8, 4) is 11.5 Å². The van der Waals surface area contributed by atoms with Crippen molar-refractivity contribution >= 4 is 20.9 Å². The Morgan fingerprint density at radius 2 is 1.69 bits per heavy atom. The lowest BCUT2D eigenvalue weighted by Gasteiger charge is -2.24. The summed E-state index contributed by atoms with van der Waals surface area (Å²) in [5.74, 6) is 0.923. The summed E-state index contributed by atoms with van der Waals surface area (Å²) in [7, 11) is -3.93. The van der Waals surface area contributed by atoms with Gasteiger partial charge >= 0.3 is 0 Å². The molecule has 8 heteroatoms. The van der Waals surface area contributed by atoms with Gasteiger partial charge in [0.15, 0.2) is 11.5 Å². The number of ether oxygens (including phenoxy) is 2. The quantitative estimate of drug-likeness (QED) is 0.422. The molecule has 0 bridgehead atoms. The zero-order chi connectivity index (χ0) is 24.4. The van der Waals surface area contributed by atoms with Crippen molar-refractivity contribution in [3.05, 3.63) is 99.8 Å². The number of H-pyrrole nitrogens is 1. The Bertz CT molecular complexity index is 1530. The maximum Gasteiger partial charge on any atom is 0.252 e. The molecule has 0 unspecified atom stereocenters. The number of benzene rings is 3. The zero-order valence-corrected chi connectivity index (χ0v) is 20.2. The molecule has 0 saturated heterocycles. The molecular formula is C27H26N2O5S. The third kappa shape index (κ3) is 4.94. The molecular weight excluding hydrogens is 464 g/mol. The molecule has 0 radical (unpaired) electrons. The summed E-state index contributed by atoms with van der Waals surface area (Å²) in [6, 6.07) is 21.9. The number of hydrogen-bond acceptors (Lipinski definition) is 5. The second-order valence-corrected chi connectivity index (χ2v) is 10.5. The lowest BCUT2D eigenvalue weighted by Crippen LogP contribution is -2.34. The standard InChI is InChI=1S/C27H26N2O5S/c1-19-7-8-21-16-22(27(30)28-24(21)15-19)18-29(12-11-20-5-3-2-4-6-20)35(31,32)23-9-10-25-26(17-23)34-14-13-33-25/h2-10,15-17H,11-14,18H2,1H3,(H,28,30). The number of aromatic amines is 1. The van der Waals surface area contributed by atoms with Gasteiger partial charge in [0.05, 0.1) is 4.90 Å². The van der Waals surface area contributed by atoms with E-state index >= 15 is 0 Å². The van der Waals surface area contributed by atoms with Crippen molar-refractivity contribution in [1.29, 1.82) is 0 Å². The summed E-state index contributed by atoms with van der Waals surface area (Å²) >= 11 is 0. The molecule has 3 aromatic carbocycles. The van der Waals surface area contributed by atoms with Crippen LogP contribution in [0.5, 0.6) is 11.5 Å². The maximum absolute atomic E-state index is 13.8. The molecule has 1 N–H and O–H groups in total. The van der Waals surface area contributed by atoms with Gasteiger partial charge in [0.1, 0.15) is 13.2 Å². The first-order valence-electron chi connectivity index (χ1n) is 11.5. The van der Waals surface area contributed by atoms with Crippen LogP contribution in [0.1, 0.15) is 16.7 Å². The van der Waals surface area contributed by atoms with Gasteiger partial charge in [-0.15, -0.1) is 0 Å². The fourth-order valence-electron chi connectivity index (χ4n) is 4.18. The molecule has 0 aliphatic carbocycles. The van der Waals surface area contributed by atoms with Crippen molar-refractivity contribution in [1.82, 2.24) is 9.29 Å². The van der Waals surface area contributed by atoms with Crippen LogP contribution < -0.4 is 15.0 Å². The Morgan fingerprint density at radius 1 is 0.914 bits per heavy atom. The summed E-state index contributed by atoms with van der Waals surface area (Å²) in [5, 5.41) is 0.852. The van der Waals surface area contributed by atoms with Gasteiger partial charge in [-0.25, -0.2) is 8.42 Å². The highest BCUT2D eigenvalue weighted by Crippen LogP contribution is 2.33. The lowest BCUT2D eigenvalue weighted by molar-refractivity contribution is 0.171. The monoisotopic (exact) mass is 490 g/mol. The number of pyridine rings is 1. The topological polar surface area (TPSA) is 88.7 Å². The zero-order valence-electron chi connectivity index (χ0n) is 19.4. The molecule has 0 saturated carbocycles. The molecule has 2 heterocycles. The molecule has 35 heavy (non-hydrogen) atoms. The normalized spacial score (nSPS) is 13.3. The highest BCUT2D eigenvalue weighted by atomic mass is 32.2. The van der Waals surface area contributed by atoms with E-state index in [-0.39, 0.29) is 23.5 Å². The van der Waals surface area contributed by atoms with E-state index in [1.54, 1.807) is 12.1 Å². The van der Waals surface area contributed by atoms with Crippen molar-refractivity contribution in [3.63, 3.8) is 0 Å². The third-order valence-corrected chi connectivity index (χ3v) is 7.91. The summed E-state index contributed by atoms with van der Waals surface area (Å²) in [6.07, 6.45) is 0.509. The predicted molar refractivity (Wildman–Crippen MR) is 134 cm³/mol. The molecule has 180 valence electrons. The molecule has 1 aromatic heterocycles. The van der Waals surface area contributed by atoms with Crippen molar-refractivity contribution in [2.75, 3.05) is 19.8 Å². The largest absolute Gasteiger partial charge is 0.486 e. The highest BCUT2D eigenvalue weighted by Gasteiger charge is 2.27. The van der Waals surface area contributed by atoms with E-state index in [1.165, 1.54) is 16.4 Å². The summed E-state index contributed by atoms with van der Waals surface area (Å²) in [6.45, 7) is 2.90. The number of rotatable bonds is 7. The number of aryl methyl sites for hydroxylation is 1. The van der Waals surface area contributed by atoms with E-state index < -0.39 is 10.0 Å². The Balaban J connectivity index is 1.51. The van der Waals surface area contributed by atoms with Gasteiger partial charge in [-0.05, 0) is 54.1 Å². The van der Waals surface area contributed by atoms with Gasteiger partial charge in [-0.2, -0.15) is 4.31 Å². The van der Waals surface area contributed by atoms with Crippen LogP contribution in [0.4, 0.5) is 0 Å². The molecule has 4 aromatic rings. The molecule has 0 spiro atoms. The smallest absolute Gasteiger partial charge is 0.252 e. The van der Waals surface area contributed by atoms with Crippen LogP contribution in [-0.4, -0.2) is 37.5 Å². The molecule has 5 rings (SSSR count). The number of nitrogens with one attached hydrogen (secondary N) is 1. The predicted octanol–water partition coefficient (Wildman–Crippen LogP) is 4.04. The Hall–Kier alpha value is -3.62. The fraction of sp³-hybridized carbons (Fsp3) is 0.222. The van der Waals surface area contributed by atoms with Crippen molar-refractivity contribution in [2.45, 2.75) is 24.8 Å². The van der Waals surface area contributed by atoms with Gasteiger partial charge in [0.25, 0.3) is 5.56 Å².